The van der Waals surface area contributed by atoms with E-state index in [1.165, 1.54) is 37.9 Å². The van der Waals surface area contributed by atoms with Gasteiger partial charge in [0, 0.05) is 18.3 Å². The second-order valence-electron chi connectivity index (χ2n) is 4.80. The molecule has 5 heteroatoms. The van der Waals surface area contributed by atoms with Crippen LogP contribution in [0.1, 0.15) is 62.4 Å². The Morgan fingerprint density at radius 2 is 1.90 bits per heavy atom. The number of rotatable bonds is 9. The van der Waals surface area contributed by atoms with Crippen LogP contribution in [0.15, 0.2) is 18.3 Å². The van der Waals surface area contributed by atoms with Crippen LogP contribution >= 0.6 is 0 Å². The third kappa shape index (κ3) is 6.31. The molecule has 1 amide bonds. The second kappa shape index (κ2) is 9.07. The fourth-order valence-corrected chi connectivity index (χ4v) is 1.91. The number of hydrogen-bond donors (Lipinski definition) is 2. The van der Waals surface area contributed by atoms with Gasteiger partial charge in [-0.05, 0) is 18.6 Å². The SMILES string of the molecule is CCCCCCCCC(=O)Nc1ccnc(C(=O)O)c1. The van der Waals surface area contributed by atoms with Gasteiger partial charge in [0.1, 0.15) is 5.69 Å². The molecule has 20 heavy (non-hydrogen) atoms. The maximum absolute atomic E-state index is 11.7. The number of aromatic nitrogens is 1. The smallest absolute Gasteiger partial charge is 0.354 e. The maximum Gasteiger partial charge on any atom is 0.354 e. The van der Waals surface area contributed by atoms with Gasteiger partial charge in [-0.25, -0.2) is 9.78 Å². The van der Waals surface area contributed by atoms with Crippen molar-refractivity contribution in [1.29, 1.82) is 0 Å². The van der Waals surface area contributed by atoms with Gasteiger partial charge in [-0.2, -0.15) is 0 Å². The van der Waals surface area contributed by atoms with E-state index in [9.17, 15) is 9.59 Å². The standard InChI is InChI=1S/C15H22N2O3/c1-2-3-4-5-6-7-8-14(18)17-12-9-10-16-13(11-12)15(19)20/h9-11H,2-8H2,1H3,(H,19,20)(H,16,17,18). The van der Waals surface area contributed by atoms with Gasteiger partial charge in [-0.15, -0.1) is 0 Å². The molecule has 0 saturated carbocycles. The minimum Gasteiger partial charge on any atom is -0.477 e. The van der Waals surface area contributed by atoms with E-state index < -0.39 is 5.97 Å². The molecule has 1 aromatic rings. The van der Waals surface area contributed by atoms with Crippen LogP contribution in [0.3, 0.4) is 0 Å². The number of carbonyl (C=O) groups excluding carboxylic acids is 1. The molecular formula is C15H22N2O3. The highest BCUT2D eigenvalue weighted by Gasteiger charge is 2.07. The molecule has 0 spiro atoms. The van der Waals surface area contributed by atoms with Gasteiger partial charge in [-0.3, -0.25) is 4.79 Å². The summed E-state index contributed by atoms with van der Waals surface area (Å²) in [7, 11) is 0. The first-order chi connectivity index (χ1) is 9.63. The van der Waals surface area contributed by atoms with Gasteiger partial charge in [0.05, 0.1) is 0 Å². The van der Waals surface area contributed by atoms with Crippen molar-refractivity contribution in [2.45, 2.75) is 51.9 Å². The Morgan fingerprint density at radius 3 is 2.60 bits per heavy atom. The molecule has 0 saturated heterocycles. The van der Waals surface area contributed by atoms with Crippen molar-refractivity contribution in [1.82, 2.24) is 4.98 Å². The van der Waals surface area contributed by atoms with Crippen molar-refractivity contribution in [3.8, 4) is 0 Å². The largest absolute Gasteiger partial charge is 0.477 e. The lowest BCUT2D eigenvalue weighted by Gasteiger charge is -2.05. The number of unbranched alkanes of at least 4 members (excludes halogenated alkanes) is 5. The zero-order chi connectivity index (χ0) is 14.8. The molecule has 0 atom stereocenters. The molecule has 0 aliphatic carbocycles. The van der Waals surface area contributed by atoms with E-state index in [1.54, 1.807) is 6.07 Å². The number of carboxylic acids is 1. The highest BCUT2D eigenvalue weighted by Crippen LogP contribution is 2.11. The first-order valence-corrected chi connectivity index (χ1v) is 7.12. The molecule has 0 unspecified atom stereocenters. The van der Waals surface area contributed by atoms with Crippen LogP contribution in [0.25, 0.3) is 0 Å². The average Bonchev–Trinajstić information content (AvgIpc) is 2.43. The van der Waals surface area contributed by atoms with E-state index in [2.05, 4.69) is 17.2 Å². The molecule has 5 nitrogen and oxygen atoms in total. The van der Waals surface area contributed by atoms with Gasteiger partial charge >= 0.3 is 5.97 Å². The summed E-state index contributed by atoms with van der Waals surface area (Å²) in [5.74, 6) is -1.18. The lowest BCUT2D eigenvalue weighted by atomic mass is 10.1. The predicted octanol–water partition coefficient (Wildman–Crippen LogP) is 3.47. The van der Waals surface area contributed by atoms with Crippen LogP contribution in [-0.4, -0.2) is 22.0 Å². The van der Waals surface area contributed by atoms with Crippen LogP contribution in [0.5, 0.6) is 0 Å². The van der Waals surface area contributed by atoms with Gasteiger partial charge in [-0.1, -0.05) is 39.0 Å². The quantitative estimate of drug-likeness (QED) is 0.678. The Hall–Kier alpha value is -1.91. The Bertz CT molecular complexity index is 446. The number of anilines is 1. The molecular weight excluding hydrogens is 256 g/mol. The Morgan fingerprint density at radius 1 is 1.20 bits per heavy atom. The number of carboxylic acid groups (broad SMARTS) is 1. The number of hydrogen-bond acceptors (Lipinski definition) is 3. The topological polar surface area (TPSA) is 79.3 Å². The van der Waals surface area contributed by atoms with E-state index >= 15 is 0 Å². The van der Waals surface area contributed by atoms with Gasteiger partial charge in [0.2, 0.25) is 5.91 Å². The zero-order valence-corrected chi connectivity index (χ0v) is 11.9. The molecule has 0 bridgehead atoms. The van der Waals surface area contributed by atoms with Crippen molar-refractivity contribution in [2.75, 3.05) is 5.32 Å². The Labute approximate surface area is 119 Å². The van der Waals surface area contributed by atoms with Crippen LogP contribution in [-0.2, 0) is 4.79 Å². The predicted molar refractivity (Wildman–Crippen MR) is 77.8 cm³/mol. The summed E-state index contributed by atoms with van der Waals surface area (Å²) in [4.78, 5) is 26.2. The molecule has 0 aliphatic rings. The molecule has 1 heterocycles. The summed E-state index contributed by atoms with van der Waals surface area (Å²) in [6.07, 6.45) is 8.64. The number of nitrogens with one attached hydrogen (secondary N) is 1. The van der Waals surface area contributed by atoms with Crippen molar-refractivity contribution in [3.05, 3.63) is 24.0 Å². The van der Waals surface area contributed by atoms with E-state index in [0.29, 0.717) is 12.1 Å². The lowest BCUT2D eigenvalue weighted by molar-refractivity contribution is -0.116. The highest BCUT2D eigenvalue weighted by atomic mass is 16.4. The minimum absolute atomic E-state index is 0.0673. The normalized spacial score (nSPS) is 10.2. The fourth-order valence-electron chi connectivity index (χ4n) is 1.91. The van der Waals surface area contributed by atoms with E-state index in [-0.39, 0.29) is 11.6 Å². The first-order valence-electron chi connectivity index (χ1n) is 7.12. The van der Waals surface area contributed by atoms with Crippen LogP contribution in [0, 0.1) is 0 Å². The third-order valence-electron chi connectivity index (χ3n) is 3.02. The number of amides is 1. The number of nitrogens with zero attached hydrogens (tertiary/aromatic N) is 1. The fraction of sp³-hybridized carbons (Fsp3) is 0.533. The Balaban J connectivity index is 2.28. The van der Waals surface area contributed by atoms with Crippen molar-refractivity contribution in [3.63, 3.8) is 0 Å². The second-order valence-corrected chi connectivity index (χ2v) is 4.80. The lowest BCUT2D eigenvalue weighted by Crippen LogP contribution is -2.12. The Kier molecular flexibility index (Phi) is 7.32. The van der Waals surface area contributed by atoms with Gasteiger partial charge < -0.3 is 10.4 Å². The summed E-state index contributed by atoms with van der Waals surface area (Å²) >= 11 is 0. The van der Waals surface area contributed by atoms with Crippen LogP contribution in [0.4, 0.5) is 5.69 Å². The first kappa shape index (κ1) is 16.1. The summed E-state index contributed by atoms with van der Waals surface area (Å²) in [6, 6.07) is 2.95. The zero-order valence-electron chi connectivity index (χ0n) is 11.9. The van der Waals surface area contributed by atoms with E-state index in [0.717, 1.165) is 12.8 Å². The maximum atomic E-state index is 11.7. The molecule has 0 fully saturated rings. The number of aromatic carboxylic acids is 1. The van der Waals surface area contributed by atoms with Crippen LogP contribution < -0.4 is 5.32 Å². The molecule has 2 N–H and O–H groups in total. The summed E-state index contributed by atoms with van der Waals surface area (Å²) in [5, 5.41) is 11.5. The highest BCUT2D eigenvalue weighted by molar-refractivity contribution is 5.92. The average molecular weight is 278 g/mol. The molecule has 0 aromatic carbocycles. The number of carbonyl (C=O) groups is 2. The molecule has 1 rings (SSSR count). The summed E-state index contributed by atoms with van der Waals surface area (Å²) in [5.41, 5.74) is 0.413. The van der Waals surface area contributed by atoms with Crippen molar-refractivity contribution < 1.29 is 14.7 Å². The third-order valence-corrected chi connectivity index (χ3v) is 3.02. The summed E-state index contributed by atoms with van der Waals surface area (Å²) < 4.78 is 0. The molecule has 0 radical (unpaired) electrons. The van der Waals surface area contributed by atoms with Crippen molar-refractivity contribution >= 4 is 17.6 Å². The number of pyridine rings is 1. The molecule has 0 aliphatic heterocycles. The molecule has 110 valence electrons. The van der Waals surface area contributed by atoms with Gasteiger partial charge in [0.25, 0.3) is 0 Å². The summed E-state index contributed by atoms with van der Waals surface area (Å²) in [6.45, 7) is 2.17. The minimum atomic E-state index is -1.10. The van der Waals surface area contributed by atoms with E-state index in [4.69, 9.17) is 5.11 Å². The van der Waals surface area contributed by atoms with Gasteiger partial charge in [0.15, 0.2) is 0 Å². The monoisotopic (exact) mass is 278 g/mol. The van der Waals surface area contributed by atoms with Crippen molar-refractivity contribution in [2.24, 2.45) is 0 Å². The van der Waals surface area contributed by atoms with E-state index in [1.807, 2.05) is 0 Å². The van der Waals surface area contributed by atoms with Crippen LogP contribution in [0.2, 0.25) is 0 Å². The molecule has 1 aromatic heterocycles.